The van der Waals surface area contributed by atoms with E-state index in [9.17, 15) is 4.79 Å². The Labute approximate surface area is 157 Å². The van der Waals surface area contributed by atoms with E-state index in [0.29, 0.717) is 11.4 Å². The number of carbonyl (C=O) groups is 1. The summed E-state index contributed by atoms with van der Waals surface area (Å²) < 4.78 is 2.02. The number of hydrogen-bond donors (Lipinski definition) is 1. The van der Waals surface area contributed by atoms with Crippen LogP contribution in [0.2, 0.25) is 0 Å². The maximum atomic E-state index is 12.6. The minimum absolute atomic E-state index is 0.185. The quantitative estimate of drug-likeness (QED) is 0.578. The van der Waals surface area contributed by atoms with Gasteiger partial charge in [0.1, 0.15) is 11.6 Å². The van der Waals surface area contributed by atoms with E-state index < -0.39 is 0 Å². The van der Waals surface area contributed by atoms with Gasteiger partial charge in [-0.15, -0.1) is 0 Å². The third-order valence-corrected chi connectivity index (χ3v) is 4.53. The molecular weight excluding hydrogens is 336 g/mol. The average molecular weight is 356 g/mol. The summed E-state index contributed by atoms with van der Waals surface area (Å²) in [5.41, 5.74) is 3.73. The number of pyridine rings is 2. The molecule has 134 valence electrons. The fraction of sp³-hybridized carbons (Fsp3) is 0.0909. The van der Waals surface area contributed by atoms with Gasteiger partial charge < -0.3 is 14.6 Å². The molecule has 0 saturated carbocycles. The summed E-state index contributed by atoms with van der Waals surface area (Å²) in [5, 5.41) is 2.85. The number of benzene rings is 1. The standard InChI is InChI=1S/C22H20N4O/c1-16-8-12-20(23-14-16)24-22(27)17-9-10-19-11-13-21(26(19)15-17)25(2)18-6-4-3-5-7-18/h3-15H,1-2H3,(H,23,24,27). The van der Waals surface area contributed by atoms with Gasteiger partial charge in [0.15, 0.2) is 0 Å². The first kappa shape index (κ1) is 16.8. The molecule has 0 aliphatic carbocycles. The summed E-state index contributed by atoms with van der Waals surface area (Å²) in [4.78, 5) is 19.0. The van der Waals surface area contributed by atoms with E-state index in [0.717, 1.165) is 22.6 Å². The topological polar surface area (TPSA) is 49.6 Å². The van der Waals surface area contributed by atoms with Crippen molar-refractivity contribution < 1.29 is 4.79 Å². The molecule has 0 spiro atoms. The Morgan fingerprint density at radius 3 is 2.52 bits per heavy atom. The molecule has 0 radical (unpaired) electrons. The molecule has 0 aliphatic rings. The second-order valence-electron chi connectivity index (χ2n) is 6.47. The molecule has 3 aromatic heterocycles. The van der Waals surface area contributed by atoms with E-state index in [1.54, 1.807) is 12.3 Å². The molecule has 5 heteroatoms. The molecule has 0 aliphatic heterocycles. The van der Waals surface area contributed by atoms with Crippen molar-refractivity contribution in [2.45, 2.75) is 6.92 Å². The SMILES string of the molecule is Cc1ccc(NC(=O)c2ccc3ccc(N(C)c4ccccc4)n3c2)nc1. The maximum absolute atomic E-state index is 12.6. The number of amides is 1. The van der Waals surface area contributed by atoms with E-state index in [-0.39, 0.29) is 5.91 Å². The monoisotopic (exact) mass is 356 g/mol. The minimum Gasteiger partial charge on any atom is -0.331 e. The summed E-state index contributed by atoms with van der Waals surface area (Å²) in [6.07, 6.45) is 3.59. The van der Waals surface area contributed by atoms with Crippen molar-refractivity contribution in [3.63, 3.8) is 0 Å². The van der Waals surface area contributed by atoms with Crippen LogP contribution in [0.25, 0.3) is 5.52 Å². The lowest BCUT2D eigenvalue weighted by Gasteiger charge is -2.19. The number of fused-ring (bicyclic) bond motifs is 1. The van der Waals surface area contributed by atoms with Crippen molar-refractivity contribution in [2.24, 2.45) is 0 Å². The zero-order chi connectivity index (χ0) is 18.8. The summed E-state index contributed by atoms with van der Waals surface area (Å²) in [5.74, 6) is 1.34. The molecule has 1 aromatic carbocycles. The van der Waals surface area contributed by atoms with Gasteiger partial charge in [0, 0.05) is 30.6 Å². The first-order valence-electron chi connectivity index (χ1n) is 8.76. The Bertz CT molecular complexity index is 1080. The van der Waals surface area contributed by atoms with Crippen molar-refractivity contribution in [3.05, 3.63) is 90.3 Å². The molecule has 5 nitrogen and oxygen atoms in total. The molecule has 0 bridgehead atoms. The first-order chi connectivity index (χ1) is 13.1. The number of nitrogens with one attached hydrogen (secondary N) is 1. The van der Waals surface area contributed by atoms with Crippen molar-refractivity contribution in [3.8, 4) is 0 Å². The lowest BCUT2D eigenvalue weighted by atomic mass is 10.2. The van der Waals surface area contributed by atoms with Gasteiger partial charge in [-0.1, -0.05) is 24.3 Å². The smallest absolute Gasteiger partial charge is 0.258 e. The van der Waals surface area contributed by atoms with E-state index in [2.05, 4.69) is 27.3 Å². The van der Waals surface area contributed by atoms with Gasteiger partial charge in [-0.25, -0.2) is 4.98 Å². The highest BCUT2D eigenvalue weighted by molar-refractivity contribution is 6.03. The van der Waals surface area contributed by atoms with Crippen molar-refractivity contribution in [1.29, 1.82) is 0 Å². The van der Waals surface area contributed by atoms with Gasteiger partial charge in [-0.3, -0.25) is 4.79 Å². The Balaban J connectivity index is 1.65. The molecular formula is C22H20N4O. The lowest BCUT2D eigenvalue weighted by molar-refractivity contribution is 0.102. The van der Waals surface area contributed by atoms with Crippen LogP contribution in [0.3, 0.4) is 0 Å². The molecule has 27 heavy (non-hydrogen) atoms. The number of hydrogen-bond acceptors (Lipinski definition) is 3. The normalized spacial score (nSPS) is 10.7. The number of rotatable bonds is 4. The molecule has 0 atom stereocenters. The maximum Gasteiger partial charge on any atom is 0.258 e. The Kier molecular flexibility index (Phi) is 4.34. The molecule has 0 saturated heterocycles. The van der Waals surface area contributed by atoms with Crippen LogP contribution >= 0.6 is 0 Å². The summed E-state index contributed by atoms with van der Waals surface area (Å²) in [6.45, 7) is 1.96. The molecule has 0 fully saturated rings. The van der Waals surface area contributed by atoms with Crippen LogP contribution in [0.4, 0.5) is 17.3 Å². The number of aromatic nitrogens is 2. The Hall–Kier alpha value is -3.60. The van der Waals surface area contributed by atoms with Gasteiger partial charge in [0.25, 0.3) is 5.91 Å². The zero-order valence-electron chi connectivity index (χ0n) is 15.3. The summed E-state index contributed by atoms with van der Waals surface area (Å²) in [7, 11) is 2.01. The molecule has 1 amide bonds. The Morgan fingerprint density at radius 1 is 1.00 bits per heavy atom. The average Bonchev–Trinajstić information content (AvgIpc) is 3.13. The van der Waals surface area contributed by atoms with Gasteiger partial charge in [-0.2, -0.15) is 0 Å². The van der Waals surface area contributed by atoms with E-state index in [1.165, 1.54) is 0 Å². The van der Waals surface area contributed by atoms with E-state index in [1.807, 2.05) is 73.1 Å². The predicted molar refractivity (Wildman–Crippen MR) is 109 cm³/mol. The molecule has 3 heterocycles. The van der Waals surface area contributed by atoms with Crippen LogP contribution in [0.15, 0.2) is 79.1 Å². The highest BCUT2D eigenvalue weighted by Gasteiger charge is 2.12. The van der Waals surface area contributed by atoms with Crippen LogP contribution in [0.1, 0.15) is 15.9 Å². The molecule has 4 aromatic rings. The number of para-hydroxylation sites is 1. The number of carbonyl (C=O) groups excluding carboxylic acids is 1. The highest BCUT2D eigenvalue weighted by atomic mass is 16.1. The van der Waals surface area contributed by atoms with Crippen LogP contribution in [0, 0.1) is 6.92 Å². The second kappa shape index (κ2) is 6.96. The van der Waals surface area contributed by atoms with Crippen LogP contribution in [0.5, 0.6) is 0 Å². The van der Waals surface area contributed by atoms with E-state index >= 15 is 0 Å². The summed E-state index contributed by atoms with van der Waals surface area (Å²) >= 11 is 0. The predicted octanol–water partition coefficient (Wildman–Crippen LogP) is 4.66. The highest BCUT2D eigenvalue weighted by Crippen LogP contribution is 2.26. The first-order valence-corrected chi connectivity index (χ1v) is 8.76. The van der Waals surface area contributed by atoms with Gasteiger partial charge in [0.05, 0.1) is 5.56 Å². The summed E-state index contributed by atoms with van der Waals surface area (Å²) in [6, 6.07) is 21.7. The molecule has 0 unspecified atom stereocenters. The Morgan fingerprint density at radius 2 is 1.78 bits per heavy atom. The number of nitrogens with zero attached hydrogens (tertiary/aromatic N) is 3. The zero-order valence-corrected chi connectivity index (χ0v) is 15.3. The van der Waals surface area contributed by atoms with E-state index in [4.69, 9.17) is 0 Å². The fourth-order valence-electron chi connectivity index (χ4n) is 3.01. The largest absolute Gasteiger partial charge is 0.331 e. The number of aryl methyl sites for hydroxylation is 1. The van der Waals surface area contributed by atoms with Crippen LogP contribution < -0.4 is 10.2 Å². The number of anilines is 3. The molecule has 4 rings (SSSR count). The fourth-order valence-corrected chi connectivity index (χ4v) is 3.01. The molecule has 1 N–H and O–H groups in total. The van der Waals surface area contributed by atoms with Crippen LogP contribution in [-0.4, -0.2) is 22.3 Å². The van der Waals surface area contributed by atoms with Crippen molar-refractivity contribution in [2.75, 3.05) is 17.3 Å². The van der Waals surface area contributed by atoms with Gasteiger partial charge in [-0.05, 0) is 55.0 Å². The van der Waals surface area contributed by atoms with Crippen LogP contribution in [-0.2, 0) is 0 Å². The van der Waals surface area contributed by atoms with Crippen molar-refractivity contribution >= 4 is 28.7 Å². The second-order valence-corrected chi connectivity index (χ2v) is 6.47. The van der Waals surface area contributed by atoms with Crippen molar-refractivity contribution in [1.82, 2.24) is 9.38 Å². The van der Waals surface area contributed by atoms with Gasteiger partial charge >= 0.3 is 0 Å². The third kappa shape index (κ3) is 3.40. The lowest BCUT2D eigenvalue weighted by Crippen LogP contribution is -2.15. The third-order valence-electron chi connectivity index (χ3n) is 4.53. The minimum atomic E-state index is -0.185. The van der Waals surface area contributed by atoms with Gasteiger partial charge in [0.2, 0.25) is 0 Å².